The van der Waals surface area contributed by atoms with Gasteiger partial charge >= 0.3 is 5.97 Å². The van der Waals surface area contributed by atoms with Crippen LogP contribution >= 0.6 is 0 Å². The molecule has 0 radical (unpaired) electrons. The smallest absolute Gasteiger partial charge is 0.307 e. The maximum absolute atomic E-state index is 11.5. The first kappa shape index (κ1) is 13.9. The van der Waals surface area contributed by atoms with Gasteiger partial charge in [-0.25, -0.2) is 0 Å². The van der Waals surface area contributed by atoms with Crippen LogP contribution in [0, 0.1) is 5.92 Å². The predicted molar refractivity (Wildman–Crippen MR) is 61.7 cm³/mol. The highest BCUT2D eigenvalue weighted by molar-refractivity contribution is 5.77. The van der Waals surface area contributed by atoms with E-state index < -0.39 is 5.97 Å². The molecule has 1 aliphatic rings. The van der Waals surface area contributed by atoms with Crippen LogP contribution in [0.5, 0.6) is 0 Å². The van der Waals surface area contributed by atoms with Crippen LogP contribution in [-0.2, 0) is 14.3 Å². The van der Waals surface area contributed by atoms with Crippen molar-refractivity contribution in [2.24, 2.45) is 5.92 Å². The molecule has 17 heavy (non-hydrogen) atoms. The first-order valence-electron chi connectivity index (χ1n) is 5.76. The summed E-state index contributed by atoms with van der Waals surface area (Å²) >= 11 is 0. The minimum atomic E-state index is -0.775. The van der Waals surface area contributed by atoms with Crippen LogP contribution in [0.25, 0.3) is 0 Å². The molecular formula is C11H20N2O4. The Balaban J connectivity index is 2.30. The molecule has 0 spiro atoms. The number of hydrogen-bond acceptors (Lipinski definition) is 4. The van der Waals surface area contributed by atoms with E-state index in [4.69, 9.17) is 9.84 Å². The summed E-state index contributed by atoms with van der Waals surface area (Å²) in [6, 6.07) is 0. The lowest BCUT2D eigenvalue weighted by Gasteiger charge is -2.35. The van der Waals surface area contributed by atoms with Gasteiger partial charge in [0, 0.05) is 39.8 Å². The molecule has 1 unspecified atom stereocenters. The van der Waals surface area contributed by atoms with Gasteiger partial charge in [0.25, 0.3) is 0 Å². The highest BCUT2D eigenvalue weighted by Gasteiger charge is 2.23. The standard InChI is InChI=1S/C11H20N2O4/c1-9(11(15)16)7-12-3-5-13(6-4-12)10(14)8-17-2/h9H,3-8H2,1-2H3,(H,15,16). The number of carboxylic acids is 1. The molecule has 0 saturated carbocycles. The number of amides is 1. The number of hydrogen-bond donors (Lipinski definition) is 1. The topological polar surface area (TPSA) is 70.1 Å². The van der Waals surface area contributed by atoms with Crippen LogP contribution in [0.3, 0.4) is 0 Å². The van der Waals surface area contributed by atoms with Crippen molar-refractivity contribution in [3.63, 3.8) is 0 Å². The van der Waals surface area contributed by atoms with Crippen molar-refractivity contribution in [2.75, 3.05) is 46.4 Å². The largest absolute Gasteiger partial charge is 0.481 e. The van der Waals surface area contributed by atoms with Crippen LogP contribution in [0.2, 0.25) is 0 Å². The summed E-state index contributed by atoms with van der Waals surface area (Å²) in [6.07, 6.45) is 0. The Morgan fingerprint density at radius 3 is 2.35 bits per heavy atom. The van der Waals surface area contributed by atoms with Crippen molar-refractivity contribution < 1.29 is 19.4 Å². The summed E-state index contributed by atoms with van der Waals surface area (Å²) < 4.78 is 4.80. The summed E-state index contributed by atoms with van der Waals surface area (Å²) in [5.41, 5.74) is 0. The minimum absolute atomic E-state index is 0.00145. The predicted octanol–water partition coefficient (Wildman–Crippen LogP) is -0.502. The van der Waals surface area contributed by atoms with Crippen LogP contribution < -0.4 is 0 Å². The van der Waals surface area contributed by atoms with Crippen LogP contribution in [-0.4, -0.2) is 73.2 Å². The van der Waals surface area contributed by atoms with E-state index in [0.717, 1.165) is 13.1 Å². The van der Waals surface area contributed by atoms with Gasteiger partial charge in [-0.3, -0.25) is 14.5 Å². The highest BCUT2D eigenvalue weighted by atomic mass is 16.5. The average molecular weight is 244 g/mol. The summed E-state index contributed by atoms with van der Waals surface area (Å²) in [5, 5.41) is 8.82. The second-order valence-corrected chi connectivity index (χ2v) is 4.35. The number of nitrogens with zero attached hydrogens (tertiary/aromatic N) is 2. The first-order valence-corrected chi connectivity index (χ1v) is 5.76. The van der Waals surface area contributed by atoms with Gasteiger partial charge < -0.3 is 14.7 Å². The zero-order valence-electron chi connectivity index (χ0n) is 10.4. The number of methoxy groups -OCH3 is 1. The Morgan fingerprint density at radius 1 is 1.29 bits per heavy atom. The molecule has 1 amide bonds. The lowest BCUT2D eigenvalue weighted by molar-refractivity contribution is -0.143. The maximum atomic E-state index is 11.5. The number of aliphatic carboxylic acids is 1. The zero-order chi connectivity index (χ0) is 12.8. The van der Waals surface area contributed by atoms with Crippen molar-refractivity contribution in [3.8, 4) is 0 Å². The van der Waals surface area contributed by atoms with E-state index in [1.807, 2.05) is 0 Å². The molecule has 0 aliphatic carbocycles. The van der Waals surface area contributed by atoms with E-state index in [1.54, 1.807) is 11.8 Å². The molecule has 6 nitrogen and oxygen atoms in total. The summed E-state index contributed by atoms with van der Waals surface area (Å²) in [7, 11) is 1.50. The zero-order valence-corrected chi connectivity index (χ0v) is 10.4. The lowest BCUT2D eigenvalue weighted by Crippen LogP contribution is -2.50. The number of rotatable bonds is 5. The molecule has 1 heterocycles. The maximum Gasteiger partial charge on any atom is 0.307 e. The van der Waals surface area contributed by atoms with Crippen LogP contribution in [0.15, 0.2) is 0 Å². The quantitative estimate of drug-likeness (QED) is 0.706. The van der Waals surface area contributed by atoms with Crippen LogP contribution in [0.4, 0.5) is 0 Å². The Kier molecular flexibility index (Phi) is 5.37. The average Bonchev–Trinajstić information content (AvgIpc) is 2.30. The fourth-order valence-electron chi connectivity index (χ4n) is 1.86. The van der Waals surface area contributed by atoms with Crippen LogP contribution in [0.1, 0.15) is 6.92 Å². The molecule has 98 valence electrons. The van der Waals surface area contributed by atoms with Gasteiger partial charge in [0.15, 0.2) is 0 Å². The highest BCUT2D eigenvalue weighted by Crippen LogP contribution is 2.06. The minimum Gasteiger partial charge on any atom is -0.481 e. The van der Waals surface area contributed by atoms with E-state index in [0.29, 0.717) is 19.6 Å². The van der Waals surface area contributed by atoms with Gasteiger partial charge in [0.1, 0.15) is 6.61 Å². The normalized spacial score (nSPS) is 19.1. The van der Waals surface area contributed by atoms with Crippen molar-refractivity contribution >= 4 is 11.9 Å². The molecular weight excluding hydrogens is 224 g/mol. The summed E-state index contributed by atoms with van der Waals surface area (Å²) in [6.45, 7) is 5.11. The lowest BCUT2D eigenvalue weighted by atomic mass is 10.1. The van der Waals surface area contributed by atoms with Crippen molar-refractivity contribution in [1.29, 1.82) is 0 Å². The third-order valence-corrected chi connectivity index (χ3v) is 2.95. The molecule has 0 aromatic rings. The van der Waals surface area contributed by atoms with Crippen molar-refractivity contribution in [3.05, 3.63) is 0 Å². The number of carbonyl (C=O) groups is 2. The number of carbonyl (C=O) groups excluding carboxylic acids is 1. The molecule has 1 N–H and O–H groups in total. The Labute approximate surface area is 101 Å². The monoisotopic (exact) mass is 244 g/mol. The summed E-state index contributed by atoms with van der Waals surface area (Å²) in [4.78, 5) is 26.1. The molecule has 1 aliphatic heterocycles. The van der Waals surface area contributed by atoms with Gasteiger partial charge in [0.05, 0.1) is 5.92 Å². The van der Waals surface area contributed by atoms with Gasteiger partial charge in [-0.2, -0.15) is 0 Å². The molecule has 0 bridgehead atoms. The van der Waals surface area contributed by atoms with Gasteiger partial charge in [-0.1, -0.05) is 6.92 Å². The van der Waals surface area contributed by atoms with Gasteiger partial charge in [-0.15, -0.1) is 0 Å². The molecule has 1 atom stereocenters. The van der Waals surface area contributed by atoms with E-state index in [9.17, 15) is 9.59 Å². The van der Waals surface area contributed by atoms with E-state index in [1.165, 1.54) is 7.11 Å². The van der Waals surface area contributed by atoms with Crippen molar-refractivity contribution in [1.82, 2.24) is 9.80 Å². The summed E-state index contributed by atoms with van der Waals surface area (Å²) in [5.74, 6) is -1.14. The third-order valence-electron chi connectivity index (χ3n) is 2.95. The molecule has 1 rings (SSSR count). The molecule has 0 aromatic carbocycles. The number of carboxylic acid groups (broad SMARTS) is 1. The Bertz CT molecular complexity index is 275. The van der Waals surface area contributed by atoms with E-state index in [-0.39, 0.29) is 18.4 Å². The second kappa shape index (κ2) is 6.56. The fourth-order valence-corrected chi connectivity index (χ4v) is 1.86. The third kappa shape index (κ3) is 4.32. The van der Waals surface area contributed by atoms with Gasteiger partial charge in [-0.05, 0) is 0 Å². The Morgan fingerprint density at radius 2 is 1.88 bits per heavy atom. The molecule has 1 saturated heterocycles. The molecule has 1 fully saturated rings. The molecule has 6 heteroatoms. The molecule has 0 aromatic heterocycles. The van der Waals surface area contributed by atoms with Gasteiger partial charge in [0.2, 0.25) is 5.91 Å². The van der Waals surface area contributed by atoms with E-state index in [2.05, 4.69) is 4.90 Å². The van der Waals surface area contributed by atoms with E-state index >= 15 is 0 Å². The van der Waals surface area contributed by atoms with Crippen molar-refractivity contribution in [2.45, 2.75) is 6.92 Å². The number of ether oxygens (including phenoxy) is 1. The Hall–Kier alpha value is -1.14. The second-order valence-electron chi connectivity index (χ2n) is 4.35. The SMILES string of the molecule is COCC(=O)N1CCN(CC(C)C(=O)O)CC1. The first-order chi connectivity index (χ1) is 8.04. The number of piperazine rings is 1. The fraction of sp³-hybridized carbons (Fsp3) is 0.818.